The molecule has 2 atom stereocenters. The third-order valence-electron chi connectivity index (χ3n) is 3.14. The summed E-state index contributed by atoms with van der Waals surface area (Å²) >= 11 is 0. The lowest BCUT2D eigenvalue weighted by Gasteiger charge is -2.25. The van der Waals surface area contributed by atoms with Gasteiger partial charge in [-0.15, -0.1) is 0 Å². The van der Waals surface area contributed by atoms with Crippen LogP contribution in [-0.2, 0) is 22.8 Å². The first-order valence-corrected chi connectivity index (χ1v) is 8.55. The Labute approximate surface area is 117 Å². The van der Waals surface area contributed by atoms with Crippen molar-refractivity contribution in [1.82, 2.24) is 4.98 Å². The second-order valence-electron chi connectivity index (χ2n) is 4.58. The minimum atomic E-state index is -2.67. The van der Waals surface area contributed by atoms with E-state index in [1.54, 1.807) is 21.3 Å². The molecule has 1 N–H and O–H groups in total. The topological polar surface area (TPSA) is 61.5 Å². The van der Waals surface area contributed by atoms with E-state index < -0.39 is 8.97 Å². The maximum atomic E-state index is 5.85. The van der Waals surface area contributed by atoms with Crippen molar-refractivity contribution in [3.63, 3.8) is 0 Å². The van der Waals surface area contributed by atoms with Crippen molar-refractivity contribution < 1.29 is 22.8 Å². The highest BCUT2D eigenvalue weighted by molar-refractivity contribution is 6.57. The van der Waals surface area contributed by atoms with Crippen LogP contribution in [0.2, 0.25) is 0 Å². The van der Waals surface area contributed by atoms with Crippen LogP contribution in [0.4, 0.5) is 0 Å². The summed E-state index contributed by atoms with van der Waals surface area (Å²) in [6, 6.07) is 0. The predicted octanol–water partition coefficient (Wildman–Crippen LogP) is 0.925. The van der Waals surface area contributed by atoms with Crippen molar-refractivity contribution >= 4 is 8.97 Å². The van der Waals surface area contributed by atoms with E-state index in [0.717, 1.165) is 32.4 Å². The molecule has 0 radical (unpaired) electrons. The summed E-state index contributed by atoms with van der Waals surface area (Å²) in [4.78, 5) is 3.24. The van der Waals surface area contributed by atoms with Gasteiger partial charge in [-0.1, -0.05) is 13.3 Å². The Morgan fingerprint density at radius 2 is 1.84 bits per heavy atom. The van der Waals surface area contributed by atoms with Gasteiger partial charge in [0.2, 0.25) is 0 Å². The molecule has 7 heteroatoms. The largest absolute Gasteiger partial charge is 0.595 e. The van der Waals surface area contributed by atoms with Gasteiger partial charge >= 0.3 is 8.97 Å². The zero-order chi connectivity index (χ0) is 14.1. The molecule has 1 rings (SSSR count). The standard InChI is InChI=1S/C12H27NO5Si/c1-5-6-11(17-9-12-10-18-12)7-8-13-19(14-2,15-3)16-4/h11-13H,5-10H2,1-4H3. The Bertz CT molecular complexity index is 228. The van der Waals surface area contributed by atoms with Gasteiger partial charge < -0.3 is 22.8 Å². The van der Waals surface area contributed by atoms with E-state index in [-0.39, 0.29) is 6.10 Å². The van der Waals surface area contributed by atoms with Crippen molar-refractivity contribution in [3.05, 3.63) is 0 Å². The molecular formula is C12H27NO5Si. The molecule has 0 bridgehead atoms. The molecule has 0 spiro atoms. The summed E-state index contributed by atoms with van der Waals surface area (Å²) in [5, 5.41) is 0. The van der Waals surface area contributed by atoms with Crippen molar-refractivity contribution in [1.29, 1.82) is 0 Å². The van der Waals surface area contributed by atoms with Gasteiger partial charge in [-0.3, -0.25) is 4.98 Å². The van der Waals surface area contributed by atoms with Gasteiger partial charge in [0.1, 0.15) is 6.10 Å². The highest BCUT2D eigenvalue weighted by Gasteiger charge is 2.38. The molecule has 114 valence electrons. The van der Waals surface area contributed by atoms with Gasteiger partial charge in [0.15, 0.2) is 0 Å². The van der Waals surface area contributed by atoms with Gasteiger partial charge in [0.25, 0.3) is 0 Å². The smallest absolute Gasteiger partial charge is 0.375 e. The number of rotatable bonds is 12. The first-order chi connectivity index (χ1) is 9.19. The Balaban J connectivity index is 2.24. The van der Waals surface area contributed by atoms with Crippen LogP contribution in [-0.4, -0.2) is 62.3 Å². The van der Waals surface area contributed by atoms with E-state index >= 15 is 0 Å². The molecule has 0 saturated carbocycles. The number of hydrogen-bond donors (Lipinski definition) is 1. The molecule has 6 nitrogen and oxygen atoms in total. The Morgan fingerprint density at radius 1 is 1.21 bits per heavy atom. The third kappa shape index (κ3) is 6.31. The van der Waals surface area contributed by atoms with Crippen molar-refractivity contribution in [2.24, 2.45) is 0 Å². The molecule has 2 unspecified atom stereocenters. The van der Waals surface area contributed by atoms with E-state index in [9.17, 15) is 0 Å². The van der Waals surface area contributed by atoms with Gasteiger partial charge in [-0.2, -0.15) is 0 Å². The first-order valence-electron chi connectivity index (χ1n) is 6.83. The fourth-order valence-corrected chi connectivity index (χ4v) is 3.28. The van der Waals surface area contributed by atoms with Gasteiger partial charge in [0, 0.05) is 21.3 Å². The fourth-order valence-electron chi connectivity index (χ4n) is 1.89. The fraction of sp³-hybridized carbons (Fsp3) is 1.00. The Hall–Kier alpha value is -0.0231. The lowest BCUT2D eigenvalue weighted by molar-refractivity contribution is 0.0307. The summed E-state index contributed by atoms with van der Waals surface area (Å²) in [6.07, 6.45) is 3.63. The van der Waals surface area contributed by atoms with Crippen LogP contribution in [0, 0.1) is 0 Å². The van der Waals surface area contributed by atoms with E-state index in [4.69, 9.17) is 22.8 Å². The molecule has 0 aromatic rings. The van der Waals surface area contributed by atoms with E-state index in [2.05, 4.69) is 11.9 Å². The van der Waals surface area contributed by atoms with Crippen LogP contribution in [0.3, 0.4) is 0 Å². The quantitative estimate of drug-likeness (QED) is 0.426. The Morgan fingerprint density at radius 3 is 2.32 bits per heavy atom. The third-order valence-corrected chi connectivity index (χ3v) is 5.44. The summed E-state index contributed by atoms with van der Waals surface area (Å²) in [7, 11) is 2.11. The zero-order valence-electron chi connectivity index (χ0n) is 12.4. The minimum absolute atomic E-state index is 0.249. The van der Waals surface area contributed by atoms with Gasteiger partial charge in [-0.05, 0) is 19.4 Å². The van der Waals surface area contributed by atoms with E-state index in [1.807, 2.05) is 0 Å². The number of hydrogen-bond acceptors (Lipinski definition) is 6. The minimum Gasteiger partial charge on any atom is -0.375 e. The second-order valence-corrected chi connectivity index (χ2v) is 7.27. The molecule has 1 aliphatic heterocycles. The number of epoxide rings is 1. The molecule has 1 aliphatic rings. The molecular weight excluding hydrogens is 266 g/mol. The first kappa shape index (κ1) is 17.0. The SMILES string of the molecule is CCCC(CCN[Si](OC)(OC)OC)OCC1CO1. The lowest BCUT2D eigenvalue weighted by Crippen LogP contribution is -2.57. The molecule has 0 aromatic heterocycles. The van der Waals surface area contributed by atoms with Gasteiger partial charge in [-0.25, -0.2) is 0 Å². The molecule has 1 fully saturated rings. The molecule has 0 aliphatic carbocycles. The van der Waals surface area contributed by atoms with Crippen molar-refractivity contribution in [2.45, 2.75) is 38.4 Å². The summed E-state index contributed by atoms with van der Waals surface area (Å²) in [5.41, 5.74) is 0. The van der Waals surface area contributed by atoms with Crippen molar-refractivity contribution in [3.8, 4) is 0 Å². The van der Waals surface area contributed by atoms with Crippen LogP contribution < -0.4 is 4.98 Å². The van der Waals surface area contributed by atoms with Gasteiger partial charge in [0.05, 0.1) is 19.3 Å². The van der Waals surface area contributed by atoms with Crippen LogP contribution >= 0.6 is 0 Å². The van der Waals surface area contributed by atoms with Crippen molar-refractivity contribution in [2.75, 3.05) is 41.1 Å². The van der Waals surface area contributed by atoms with E-state index in [1.165, 1.54) is 0 Å². The van der Waals surface area contributed by atoms with Crippen LogP contribution in [0.25, 0.3) is 0 Å². The molecule has 19 heavy (non-hydrogen) atoms. The van der Waals surface area contributed by atoms with Crippen LogP contribution in [0.1, 0.15) is 26.2 Å². The lowest BCUT2D eigenvalue weighted by atomic mass is 10.1. The monoisotopic (exact) mass is 293 g/mol. The zero-order valence-corrected chi connectivity index (χ0v) is 13.4. The maximum absolute atomic E-state index is 5.85. The number of ether oxygens (including phenoxy) is 2. The van der Waals surface area contributed by atoms with E-state index in [0.29, 0.717) is 12.7 Å². The summed E-state index contributed by atoms with van der Waals surface area (Å²) < 4.78 is 26.9. The second kappa shape index (κ2) is 9.01. The maximum Gasteiger partial charge on any atom is 0.595 e. The highest BCUT2D eigenvalue weighted by atomic mass is 28.4. The molecule has 1 saturated heterocycles. The highest BCUT2D eigenvalue weighted by Crippen LogP contribution is 2.14. The average molecular weight is 293 g/mol. The normalized spacial score (nSPS) is 20.5. The summed E-state index contributed by atoms with van der Waals surface area (Å²) in [5.74, 6) is 0. The molecule has 1 heterocycles. The molecule has 0 aromatic carbocycles. The van der Waals surface area contributed by atoms with Crippen LogP contribution in [0.5, 0.6) is 0 Å². The average Bonchev–Trinajstić information content (AvgIpc) is 3.25. The molecule has 0 amide bonds. The predicted molar refractivity (Wildman–Crippen MR) is 73.8 cm³/mol. The Kier molecular flexibility index (Phi) is 8.08. The number of nitrogens with one attached hydrogen (secondary N) is 1. The van der Waals surface area contributed by atoms with Crippen LogP contribution in [0.15, 0.2) is 0 Å². The summed E-state index contributed by atoms with van der Waals surface area (Å²) in [6.45, 7) is 4.45.